The normalized spacial score (nSPS) is 16.1. The number of carbonyl (C=O) groups excluding carboxylic acids is 2. The summed E-state index contributed by atoms with van der Waals surface area (Å²) in [5.74, 6) is -1.20. The molecule has 1 amide bonds. The van der Waals surface area contributed by atoms with E-state index in [2.05, 4.69) is 10.4 Å². The van der Waals surface area contributed by atoms with Gasteiger partial charge in [0.05, 0.1) is 18.0 Å². The second-order valence-corrected chi connectivity index (χ2v) is 8.27. The molecule has 0 saturated heterocycles. The monoisotopic (exact) mass is 430 g/mol. The Morgan fingerprint density at radius 1 is 1.17 bits per heavy atom. The molecule has 158 valence electrons. The Bertz CT molecular complexity index is 1050. The predicted molar refractivity (Wildman–Crippen MR) is 113 cm³/mol. The molecule has 1 heterocycles. The van der Waals surface area contributed by atoms with Gasteiger partial charge in [-0.05, 0) is 36.8 Å². The standard InChI is InChI=1S/C20H22N4O5S/c1-2-29-20(26)17-12-18(24(23-17)16-6-4-3-5-7-16)19(25)22-15-10-8-14(9-11-15)13-30(21,27)28/h3-11,18H,2,12-13H2,1H3,(H,22,25)(H2,21,27,28). The van der Waals surface area contributed by atoms with Crippen molar-refractivity contribution in [3.8, 4) is 0 Å². The molecule has 1 aliphatic heterocycles. The first-order chi connectivity index (χ1) is 14.3. The Hall–Kier alpha value is -3.24. The lowest BCUT2D eigenvalue weighted by atomic mass is 10.1. The highest BCUT2D eigenvalue weighted by molar-refractivity contribution is 7.88. The highest BCUT2D eigenvalue weighted by Gasteiger charge is 2.36. The number of nitrogens with one attached hydrogen (secondary N) is 1. The number of para-hydroxylation sites is 1. The third-order valence-corrected chi connectivity index (χ3v) is 5.07. The summed E-state index contributed by atoms with van der Waals surface area (Å²) in [7, 11) is -3.64. The summed E-state index contributed by atoms with van der Waals surface area (Å²) >= 11 is 0. The van der Waals surface area contributed by atoms with Crippen LogP contribution in [0.25, 0.3) is 0 Å². The number of amides is 1. The van der Waals surface area contributed by atoms with Gasteiger partial charge >= 0.3 is 5.97 Å². The maximum absolute atomic E-state index is 12.9. The fourth-order valence-corrected chi connectivity index (χ4v) is 3.67. The van der Waals surface area contributed by atoms with E-state index in [9.17, 15) is 18.0 Å². The van der Waals surface area contributed by atoms with Crippen molar-refractivity contribution in [2.24, 2.45) is 10.2 Å². The number of anilines is 2. The molecule has 0 spiro atoms. The Morgan fingerprint density at radius 2 is 1.83 bits per heavy atom. The molecule has 0 aliphatic carbocycles. The van der Waals surface area contributed by atoms with Gasteiger partial charge in [-0.2, -0.15) is 5.10 Å². The summed E-state index contributed by atoms with van der Waals surface area (Å²) in [6.07, 6.45) is 0.100. The lowest BCUT2D eigenvalue weighted by molar-refractivity contribution is -0.135. The minimum absolute atomic E-state index is 0.100. The summed E-state index contributed by atoms with van der Waals surface area (Å²) in [5, 5.41) is 13.6. The third kappa shape index (κ3) is 5.43. The molecule has 30 heavy (non-hydrogen) atoms. The van der Waals surface area contributed by atoms with E-state index in [-0.39, 0.29) is 30.4 Å². The highest BCUT2D eigenvalue weighted by Crippen LogP contribution is 2.26. The van der Waals surface area contributed by atoms with Gasteiger partial charge in [0.25, 0.3) is 0 Å². The van der Waals surface area contributed by atoms with E-state index in [1.165, 1.54) is 5.01 Å². The van der Waals surface area contributed by atoms with Crippen molar-refractivity contribution < 1.29 is 22.7 Å². The lowest BCUT2D eigenvalue weighted by Gasteiger charge is -2.22. The van der Waals surface area contributed by atoms with E-state index >= 15 is 0 Å². The number of benzene rings is 2. The van der Waals surface area contributed by atoms with Gasteiger partial charge in [0.2, 0.25) is 15.9 Å². The Kier molecular flexibility index (Phi) is 6.48. The first kappa shape index (κ1) is 21.5. The smallest absolute Gasteiger partial charge is 0.354 e. The molecule has 2 aromatic carbocycles. The van der Waals surface area contributed by atoms with Crippen molar-refractivity contribution in [3.63, 3.8) is 0 Å². The molecule has 0 bridgehead atoms. The fraction of sp³-hybridized carbons (Fsp3) is 0.250. The molecule has 1 aliphatic rings. The van der Waals surface area contributed by atoms with Crippen LogP contribution in [-0.2, 0) is 30.1 Å². The van der Waals surface area contributed by atoms with Crippen molar-refractivity contribution in [3.05, 3.63) is 60.2 Å². The van der Waals surface area contributed by atoms with E-state index < -0.39 is 22.0 Å². The van der Waals surface area contributed by atoms with Gasteiger partial charge in [-0.25, -0.2) is 18.4 Å². The average Bonchev–Trinajstić information content (AvgIpc) is 3.15. The maximum Gasteiger partial charge on any atom is 0.354 e. The zero-order valence-corrected chi connectivity index (χ0v) is 17.1. The first-order valence-corrected chi connectivity index (χ1v) is 11.0. The Morgan fingerprint density at radius 3 is 2.43 bits per heavy atom. The van der Waals surface area contributed by atoms with Crippen molar-refractivity contribution in [2.75, 3.05) is 16.9 Å². The predicted octanol–water partition coefficient (Wildman–Crippen LogP) is 1.61. The minimum atomic E-state index is -3.64. The van der Waals surface area contributed by atoms with Crippen molar-refractivity contribution >= 4 is 39.0 Å². The third-order valence-electron chi connectivity index (χ3n) is 4.33. The van der Waals surface area contributed by atoms with E-state index in [1.54, 1.807) is 43.3 Å². The van der Waals surface area contributed by atoms with E-state index in [0.717, 1.165) is 0 Å². The quantitative estimate of drug-likeness (QED) is 0.642. The number of ether oxygens (including phenoxy) is 1. The van der Waals surface area contributed by atoms with E-state index in [1.807, 2.05) is 18.2 Å². The minimum Gasteiger partial charge on any atom is -0.461 e. The number of hydrogen-bond acceptors (Lipinski definition) is 7. The van der Waals surface area contributed by atoms with Crippen LogP contribution in [0.2, 0.25) is 0 Å². The van der Waals surface area contributed by atoms with E-state index in [0.29, 0.717) is 16.9 Å². The van der Waals surface area contributed by atoms with Gasteiger partial charge in [-0.3, -0.25) is 9.80 Å². The molecule has 0 radical (unpaired) electrons. The summed E-state index contributed by atoms with van der Waals surface area (Å²) < 4.78 is 27.4. The van der Waals surface area contributed by atoms with Crippen LogP contribution in [-0.4, -0.2) is 38.7 Å². The number of primary sulfonamides is 1. The van der Waals surface area contributed by atoms with Crippen LogP contribution in [0.4, 0.5) is 11.4 Å². The maximum atomic E-state index is 12.9. The van der Waals surface area contributed by atoms with Crippen molar-refractivity contribution in [1.29, 1.82) is 0 Å². The highest BCUT2D eigenvalue weighted by atomic mass is 32.2. The van der Waals surface area contributed by atoms with Crippen molar-refractivity contribution in [1.82, 2.24) is 0 Å². The second kappa shape index (κ2) is 9.06. The number of esters is 1. The van der Waals surface area contributed by atoms with Crippen LogP contribution >= 0.6 is 0 Å². The zero-order valence-electron chi connectivity index (χ0n) is 16.3. The molecule has 2 aromatic rings. The fourth-order valence-electron chi connectivity index (χ4n) is 3.01. The molecule has 3 N–H and O–H groups in total. The van der Waals surface area contributed by atoms with Crippen LogP contribution in [0.3, 0.4) is 0 Å². The molecule has 9 nitrogen and oxygen atoms in total. The molecule has 0 saturated carbocycles. The molecule has 10 heteroatoms. The van der Waals surface area contributed by atoms with Gasteiger partial charge in [0, 0.05) is 12.1 Å². The van der Waals surface area contributed by atoms with Gasteiger partial charge < -0.3 is 10.1 Å². The van der Waals surface area contributed by atoms with Crippen LogP contribution in [0, 0.1) is 0 Å². The number of hydrazone groups is 1. The SMILES string of the molecule is CCOC(=O)C1=NN(c2ccccc2)C(C(=O)Nc2ccc(CS(N)(=O)=O)cc2)C1. The second-order valence-electron chi connectivity index (χ2n) is 6.66. The van der Waals surface area contributed by atoms with Crippen LogP contribution in [0.5, 0.6) is 0 Å². The molecular weight excluding hydrogens is 408 g/mol. The van der Waals surface area contributed by atoms with Gasteiger partial charge in [-0.1, -0.05) is 30.3 Å². The summed E-state index contributed by atoms with van der Waals surface area (Å²) in [6, 6.07) is 14.6. The topological polar surface area (TPSA) is 131 Å². The number of hydrogen-bond donors (Lipinski definition) is 2. The van der Waals surface area contributed by atoms with Crippen LogP contribution < -0.4 is 15.5 Å². The molecule has 1 unspecified atom stereocenters. The van der Waals surface area contributed by atoms with Gasteiger partial charge in [0.1, 0.15) is 11.8 Å². The lowest BCUT2D eigenvalue weighted by Crippen LogP contribution is -2.38. The largest absolute Gasteiger partial charge is 0.461 e. The molecule has 0 aromatic heterocycles. The number of nitrogens with zero attached hydrogens (tertiary/aromatic N) is 2. The molecule has 0 fully saturated rings. The first-order valence-electron chi connectivity index (χ1n) is 9.26. The van der Waals surface area contributed by atoms with E-state index in [4.69, 9.17) is 9.88 Å². The molecular formula is C20H22N4O5S. The van der Waals surface area contributed by atoms with Crippen molar-refractivity contribution in [2.45, 2.75) is 25.1 Å². The number of carbonyl (C=O) groups is 2. The Balaban J connectivity index is 1.77. The summed E-state index contributed by atoms with van der Waals surface area (Å²) in [6.45, 7) is 1.91. The summed E-state index contributed by atoms with van der Waals surface area (Å²) in [5.41, 5.74) is 1.83. The Labute approximate surface area is 174 Å². The van der Waals surface area contributed by atoms with Crippen LogP contribution in [0.15, 0.2) is 59.7 Å². The van der Waals surface area contributed by atoms with Crippen LogP contribution in [0.1, 0.15) is 18.9 Å². The average molecular weight is 430 g/mol. The molecule has 1 atom stereocenters. The number of sulfonamides is 1. The number of nitrogens with two attached hydrogens (primary N) is 1. The molecule has 3 rings (SSSR count). The number of rotatable bonds is 7. The van der Waals surface area contributed by atoms with Gasteiger partial charge in [-0.15, -0.1) is 0 Å². The zero-order chi connectivity index (χ0) is 21.7. The summed E-state index contributed by atoms with van der Waals surface area (Å²) in [4.78, 5) is 25.1. The van der Waals surface area contributed by atoms with Gasteiger partial charge in [0.15, 0.2) is 0 Å².